The van der Waals surface area contributed by atoms with Gasteiger partial charge in [0.05, 0.1) is 23.3 Å². The van der Waals surface area contributed by atoms with E-state index in [0.717, 1.165) is 18.4 Å². The van der Waals surface area contributed by atoms with Gasteiger partial charge in [0, 0.05) is 32.1 Å². The van der Waals surface area contributed by atoms with Gasteiger partial charge in [-0.3, -0.25) is 29.3 Å². The van der Waals surface area contributed by atoms with Crippen LogP contribution in [0.15, 0.2) is 24.4 Å². The molecule has 1 aromatic heterocycles. The number of likely N-dealkylation sites (N-methyl/N-ethyl adjacent to an activating group) is 1. The second-order valence-corrected chi connectivity index (χ2v) is 9.59. The van der Waals surface area contributed by atoms with E-state index in [9.17, 15) is 24.0 Å². The van der Waals surface area contributed by atoms with Gasteiger partial charge in [-0.05, 0) is 43.0 Å². The van der Waals surface area contributed by atoms with Crippen LogP contribution in [0.5, 0.6) is 0 Å². The first kappa shape index (κ1) is 21.4. The number of nitrogens with one attached hydrogen (secondary N) is 2. The molecule has 4 heterocycles. The molecule has 12 nitrogen and oxygen atoms in total. The molecule has 2 saturated heterocycles. The van der Waals surface area contributed by atoms with Crippen LogP contribution in [0.1, 0.15) is 52.1 Å². The molecule has 1 aliphatic carbocycles. The Hall–Kier alpha value is -4.09. The summed E-state index contributed by atoms with van der Waals surface area (Å²) in [5.74, 6) is -1.36. The molecule has 2 aromatic rings. The third kappa shape index (κ3) is 3.23. The minimum atomic E-state index is -0.686. The smallest absolute Gasteiger partial charge is 0.276 e. The summed E-state index contributed by atoms with van der Waals surface area (Å²) in [6.07, 6.45) is 3.56. The van der Waals surface area contributed by atoms with Crippen molar-refractivity contribution in [3.05, 3.63) is 41.2 Å². The zero-order chi connectivity index (χ0) is 24.5. The molecule has 2 unspecified atom stereocenters. The van der Waals surface area contributed by atoms with Gasteiger partial charge in [0.2, 0.25) is 17.7 Å². The molecule has 0 radical (unpaired) electrons. The second kappa shape index (κ2) is 7.45. The van der Waals surface area contributed by atoms with Crippen molar-refractivity contribution in [2.75, 3.05) is 13.6 Å². The lowest BCUT2D eigenvalue weighted by Crippen LogP contribution is -2.52. The van der Waals surface area contributed by atoms with Gasteiger partial charge in [0.1, 0.15) is 6.04 Å². The molecule has 1 saturated carbocycles. The standard InChI is InChI=1S/C23H23N7O5/c1-28(17-9-24-22(35)23(17)6-7-23)21(34)15-11-30(27-26-15)13-2-3-14-12(8-13)10-29(20(14)33)16-4-5-18(31)25-19(16)32/h2-3,8,11,16-17H,4-7,9-10H2,1H3,(H,24,35)(H,25,31,32). The summed E-state index contributed by atoms with van der Waals surface area (Å²) in [4.78, 5) is 64.8. The summed E-state index contributed by atoms with van der Waals surface area (Å²) in [6, 6.07) is 4.26. The van der Waals surface area contributed by atoms with E-state index in [1.165, 1.54) is 15.8 Å². The Labute approximate surface area is 199 Å². The first-order chi connectivity index (χ1) is 16.8. The summed E-state index contributed by atoms with van der Waals surface area (Å²) < 4.78 is 1.46. The quantitative estimate of drug-likeness (QED) is 0.558. The Balaban J connectivity index is 1.20. The minimum Gasteiger partial charge on any atom is -0.353 e. The molecular formula is C23H23N7O5. The third-order valence-corrected chi connectivity index (χ3v) is 7.61. The fraction of sp³-hybridized carbons (Fsp3) is 0.435. The van der Waals surface area contributed by atoms with Gasteiger partial charge >= 0.3 is 0 Å². The molecule has 180 valence electrons. The fourth-order valence-electron chi connectivity index (χ4n) is 5.43. The Morgan fingerprint density at radius 3 is 2.74 bits per heavy atom. The average molecular weight is 477 g/mol. The number of carbonyl (C=O) groups is 5. The molecule has 4 aliphatic rings. The second-order valence-electron chi connectivity index (χ2n) is 9.59. The largest absolute Gasteiger partial charge is 0.353 e. The van der Waals surface area contributed by atoms with Crippen molar-refractivity contribution in [3.63, 3.8) is 0 Å². The van der Waals surface area contributed by atoms with Crippen LogP contribution in [0, 0.1) is 5.41 Å². The summed E-state index contributed by atoms with van der Waals surface area (Å²) in [5, 5.41) is 13.3. The molecular weight excluding hydrogens is 454 g/mol. The van der Waals surface area contributed by atoms with Crippen LogP contribution in [0.4, 0.5) is 0 Å². The number of benzene rings is 1. The average Bonchev–Trinajstić information content (AvgIpc) is 3.20. The Kier molecular flexibility index (Phi) is 4.57. The van der Waals surface area contributed by atoms with E-state index in [1.54, 1.807) is 30.1 Å². The van der Waals surface area contributed by atoms with Crippen LogP contribution in [0.25, 0.3) is 5.69 Å². The maximum Gasteiger partial charge on any atom is 0.276 e. The van der Waals surface area contributed by atoms with Crippen molar-refractivity contribution in [3.8, 4) is 5.69 Å². The number of piperidine rings is 1. The van der Waals surface area contributed by atoms with Crippen molar-refractivity contribution in [1.82, 2.24) is 35.4 Å². The number of rotatable bonds is 4. The Morgan fingerprint density at radius 1 is 1.20 bits per heavy atom. The lowest BCUT2D eigenvalue weighted by Gasteiger charge is -2.29. The van der Waals surface area contributed by atoms with Gasteiger partial charge in [0.25, 0.3) is 11.8 Å². The molecule has 6 rings (SSSR count). The van der Waals surface area contributed by atoms with Crippen LogP contribution in [0.3, 0.4) is 0 Å². The zero-order valence-corrected chi connectivity index (χ0v) is 19.0. The van der Waals surface area contributed by atoms with Crippen molar-refractivity contribution in [2.45, 2.75) is 44.3 Å². The summed E-state index contributed by atoms with van der Waals surface area (Å²) in [7, 11) is 1.68. The van der Waals surface area contributed by atoms with E-state index in [1.807, 2.05) is 0 Å². The van der Waals surface area contributed by atoms with E-state index in [-0.39, 0.29) is 48.3 Å². The molecule has 1 spiro atoms. The number of carbonyl (C=O) groups excluding carboxylic acids is 5. The van der Waals surface area contributed by atoms with Crippen LogP contribution >= 0.6 is 0 Å². The van der Waals surface area contributed by atoms with Crippen molar-refractivity contribution in [2.24, 2.45) is 5.41 Å². The molecule has 3 fully saturated rings. The fourth-order valence-corrected chi connectivity index (χ4v) is 5.43. The van der Waals surface area contributed by atoms with Crippen LogP contribution < -0.4 is 10.6 Å². The number of aromatic nitrogens is 3. The maximum atomic E-state index is 13.1. The SMILES string of the molecule is CN(C(=O)c1cn(-c2ccc3c(c2)CN(C2CCC(=O)NC2=O)C3=O)nn1)C1CNC(=O)C12CC2. The van der Waals surface area contributed by atoms with E-state index < -0.39 is 17.4 Å². The highest BCUT2D eigenvalue weighted by molar-refractivity contribution is 6.05. The highest BCUT2D eigenvalue weighted by Gasteiger charge is 2.61. The summed E-state index contributed by atoms with van der Waals surface area (Å²) in [5.41, 5.74) is 1.52. The maximum absolute atomic E-state index is 13.1. The Bertz CT molecular complexity index is 1310. The molecule has 5 amide bonds. The van der Waals surface area contributed by atoms with Gasteiger partial charge in [-0.2, -0.15) is 0 Å². The third-order valence-electron chi connectivity index (χ3n) is 7.61. The normalized spacial score (nSPS) is 24.4. The van der Waals surface area contributed by atoms with Crippen LogP contribution in [-0.2, 0) is 20.9 Å². The van der Waals surface area contributed by atoms with Gasteiger partial charge in [-0.15, -0.1) is 5.10 Å². The topological polar surface area (TPSA) is 147 Å². The minimum absolute atomic E-state index is 0.00448. The van der Waals surface area contributed by atoms with E-state index in [4.69, 9.17) is 0 Å². The monoisotopic (exact) mass is 477 g/mol. The molecule has 12 heteroatoms. The molecule has 0 bridgehead atoms. The number of amides is 5. The van der Waals surface area contributed by atoms with Gasteiger partial charge in [-0.25, -0.2) is 4.68 Å². The zero-order valence-electron chi connectivity index (χ0n) is 19.0. The van der Waals surface area contributed by atoms with E-state index >= 15 is 0 Å². The van der Waals surface area contributed by atoms with Crippen molar-refractivity contribution in [1.29, 1.82) is 0 Å². The highest BCUT2D eigenvalue weighted by Crippen LogP contribution is 2.52. The van der Waals surface area contributed by atoms with Gasteiger partial charge < -0.3 is 15.1 Å². The molecule has 3 aliphatic heterocycles. The number of fused-ring (bicyclic) bond motifs is 1. The first-order valence-electron chi connectivity index (χ1n) is 11.5. The number of nitrogens with zero attached hydrogens (tertiary/aromatic N) is 5. The number of hydrogen-bond acceptors (Lipinski definition) is 7. The molecule has 2 atom stereocenters. The first-order valence-corrected chi connectivity index (χ1v) is 11.5. The van der Waals surface area contributed by atoms with Crippen molar-refractivity contribution < 1.29 is 24.0 Å². The van der Waals surface area contributed by atoms with E-state index in [2.05, 4.69) is 20.9 Å². The van der Waals surface area contributed by atoms with Crippen LogP contribution in [0.2, 0.25) is 0 Å². The molecule has 35 heavy (non-hydrogen) atoms. The van der Waals surface area contributed by atoms with Gasteiger partial charge in [0.15, 0.2) is 5.69 Å². The number of imide groups is 1. The van der Waals surface area contributed by atoms with Crippen molar-refractivity contribution >= 4 is 29.5 Å². The highest BCUT2D eigenvalue weighted by atomic mass is 16.2. The summed E-state index contributed by atoms with van der Waals surface area (Å²) >= 11 is 0. The summed E-state index contributed by atoms with van der Waals surface area (Å²) in [6.45, 7) is 0.667. The van der Waals surface area contributed by atoms with Crippen LogP contribution in [-0.4, -0.2) is 80.0 Å². The Morgan fingerprint density at radius 2 is 2.00 bits per heavy atom. The van der Waals surface area contributed by atoms with E-state index in [0.29, 0.717) is 24.2 Å². The van der Waals surface area contributed by atoms with Gasteiger partial charge in [-0.1, -0.05) is 5.21 Å². The lowest BCUT2D eigenvalue weighted by atomic mass is 9.98. The number of hydrogen-bond donors (Lipinski definition) is 2. The molecule has 2 N–H and O–H groups in total. The predicted octanol–water partition coefficient (Wildman–Crippen LogP) is -0.621. The molecule has 1 aromatic carbocycles. The predicted molar refractivity (Wildman–Crippen MR) is 118 cm³/mol. The lowest BCUT2D eigenvalue weighted by molar-refractivity contribution is -0.137.